The highest BCUT2D eigenvalue weighted by molar-refractivity contribution is 5.93. The minimum absolute atomic E-state index is 0.780. The van der Waals surface area contributed by atoms with Gasteiger partial charge in [-0.25, -0.2) is 0 Å². The van der Waals surface area contributed by atoms with E-state index in [0.29, 0.717) is 0 Å². The van der Waals surface area contributed by atoms with Crippen LogP contribution < -0.4 is 0 Å². The summed E-state index contributed by atoms with van der Waals surface area (Å²) in [5, 5.41) is 2.61. The molecular formula is C19H24O. The summed E-state index contributed by atoms with van der Waals surface area (Å²) in [7, 11) is 0. The van der Waals surface area contributed by atoms with Crippen LogP contribution in [0.15, 0.2) is 30.3 Å². The van der Waals surface area contributed by atoms with Crippen molar-refractivity contribution in [2.75, 3.05) is 0 Å². The largest absolute Gasteiger partial charge is 0.298 e. The molecule has 1 heteroatoms. The Hall–Kier alpha value is -1.63. The zero-order chi connectivity index (χ0) is 14.4. The molecule has 0 saturated carbocycles. The van der Waals surface area contributed by atoms with Crippen LogP contribution in [0.25, 0.3) is 10.8 Å². The van der Waals surface area contributed by atoms with Crippen LogP contribution in [0.4, 0.5) is 0 Å². The first-order chi connectivity index (χ1) is 9.80. The first kappa shape index (κ1) is 14.8. The number of carbonyl (C=O) groups excluding carboxylic acids is 1. The Balaban J connectivity index is 2.49. The number of unbranched alkanes of at least 4 members (excludes halogenated alkanes) is 2. The van der Waals surface area contributed by atoms with Gasteiger partial charge in [0.2, 0.25) is 0 Å². The van der Waals surface area contributed by atoms with E-state index < -0.39 is 0 Å². The molecule has 0 atom stereocenters. The maximum absolute atomic E-state index is 11.0. The predicted octanol–water partition coefficient (Wildman–Crippen LogP) is 5.34. The second kappa shape index (κ2) is 7.23. The molecule has 106 valence electrons. The zero-order valence-corrected chi connectivity index (χ0v) is 12.6. The second-order valence-electron chi connectivity index (χ2n) is 5.51. The number of hydrogen-bond acceptors (Lipinski definition) is 1. The molecule has 0 aromatic heterocycles. The number of fused-ring (bicyclic) bond motifs is 1. The summed E-state index contributed by atoms with van der Waals surface area (Å²) in [5.74, 6) is 0. The van der Waals surface area contributed by atoms with Crippen LogP contribution in [0.2, 0.25) is 0 Å². The van der Waals surface area contributed by atoms with Crippen molar-refractivity contribution >= 4 is 17.1 Å². The number of carbonyl (C=O) groups is 1. The Kier molecular flexibility index (Phi) is 5.34. The molecule has 0 bridgehead atoms. The normalized spacial score (nSPS) is 10.9. The molecule has 0 radical (unpaired) electrons. The molecule has 0 heterocycles. The van der Waals surface area contributed by atoms with E-state index in [1.165, 1.54) is 47.6 Å². The first-order valence-corrected chi connectivity index (χ1v) is 7.79. The minimum atomic E-state index is 0.780. The van der Waals surface area contributed by atoms with Gasteiger partial charge in [0.05, 0.1) is 0 Å². The van der Waals surface area contributed by atoms with Crippen molar-refractivity contribution in [3.63, 3.8) is 0 Å². The molecule has 0 amide bonds. The minimum Gasteiger partial charge on any atom is -0.298 e. The monoisotopic (exact) mass is 268 g/mol. The molecule has 0 aliphatic heterocycles. The highest BCUT2D eigenvalue weighted by atomic mass is 16.1. The molecule has 2 aromatic carbocycles. The lowest BCUT2D eigenvalue weighted by atomic mass is 9.93. The van der Waals surface area contributed by atoms with Gasteiger partial charge in [0, 0.05) is 5.56 Å². The Bertz CT molecular complexity index is 584. The fourth-order valence-corrected chi connectivity index (χ4v) is 2.73. The lowest BCUT2D eigenvalue weighted by Crippen LogP contribution is -1.94. The van der Waals surface area contributed by atoms with Crippen molar-refractivity contribution in [3.05, 3.63) is 47.0 Å². The van der Waals surface area contributed by atoms with Gasteiger partial charge in [-0.15, -0.1) is 0 Å². The average molecular weight is 268 g/mol. The third-order valence-electron chi connectivity index (χ3n) is 3.96. The molecular weight excluding hydrogens is 244 g/mol. The van der Waals surface area contributed by atoms with E-state index >= 15 is 0 Å². The fraction of sp³-hybridized carbons (Fsp3) is 0.421. The second-order valence-corrected chi connectivity index (χ2v) is 5.51. The van der Waals surface area contributed by atoms with Gasteiger partial charge < -0.3 is 0 Å². The molecule has 2 aromatic rings. The maximum atomic E-state index is 11.0. The SMILES string of the molecule is CCCCc1ccc(CCCC)c2cc(C=O)ccc12. The van der Waals surface area contributed by atoms with Gasteiger partial charge in [-0.1, -0.05) is 51.0 Å². The van der Waals surface area contributed by atoms with E-state index in [1.807, 2.05) is 6.07 Å². The predicted molar refractivity (Wildman–Crippen MR) is 86.6 cm³/mol. The summed E-state index contributed by atoms with van der Waals surface area (Å²) in [6, 6.07) is 10.7. The number of aldehydes is 1. The summed E-state index contributed by atoms with van der Waals surface area (Å²) < 4.78 is 0. The Morgan fingerprint density at radius 2 is 1.45 bits per heavy atom. The highest BCUT2D eigenvalue weighted by Gasteiger charge is 2.07. The van der Waals surface area contributed by atoms with Gasteiger partial charge in [-0.3, -0.25) is 4.79 Å². The van der Waals surface area contributed by atoms with E-state index in [4.69, 9.17) is 0 Å². The number of benzene rings is 2. The van der Waals surface area contributed by atoms with E-state index in [0.717, 1.165) is 24.7 Å². The van der Waals surface area contributed by atoms with Crippen LogP contribution in [-0.4, -0.2) is 6.29 Å². The first-order valence-electron chi connectivity index (χ1n) is 7.79. The van der Waals surface area contributed by atoms with Crippen molar-refractivity contribution in [1.82, 2.24) is 0 Å². The van der Waals surface area contributed by atoms with Gasteiger partial charge in [-0.2, -0.15) is 0 Å². The van der Waals surface area contributed by atoms with Crippen LogP contribution >= 0.6 is 0 Å². The molecule has 0 spiro atoms. The molecule has 0 saturated heterocycles. The molecule has 0 unspecified atom stereocenters. The quantitative estimate of drug-likeness (QED) is 0.620. The van der Waals surface area contributed by atoms with Crippen molar-refractivity contribution in [1.29, 1.82) is 0 Å². The molecule has 0 N–H and O–H groups in total. The fourth-order valence-electron chi connectivity index (χ4n) is 2.73. The van der Waals surface area contributed by atoms with E-state index in [9.17, 15) is 4.79 Å². The summed E-state index contributed by atoms with van der Waals surface area (Å²) in [6.45, 7) is 4.44. The molecule has 1 nitrogen and oxygen atoms in total. The van der Waals surface area contributed by atoms with Crippen molar-refractivity contribution in [2.24, 2.45) is 0 Å². The van der Waals surface area contributed by atoms with Crippen molar-refractivity contribution < 1.29 is 4.79 Å². The van der Waals surface area contributed by atoms with Gasteiger partial charge >= 0.3 is 0 Å². The molecule has 0 aliphatic carbocycles. The molecule has 0 fully saturated rings. The van der Waals surface area contributed by atoms with Crippen LogP contribution in [0.5, 0.6) is 0 Å². The van der Waals surface area contributed by atoms with Crippen LogP contribution in [0.1, 0.15) is 61.0 Å². The topological polar surface area (TPSA) is 17.1 Å². The lowest BCUT2D eigenvalue weighted by molar-refractivity contribution is 0.112. The third-order valence-corrected chi connectivity index (χ3v) is 3.96. The smallest absolute Gasteiger partial charge is 0.150 e. The highest BCUT2D eigenvalue weighted by Crippen LogP contribution is 2.26. The Labute approximate surface area is 122 Å². The van der Waals surface area contributed by atoms with E-state index in [-0.39, 0.29) is 0 Å². The van der Waals surface area contributed by atoms with Gasteiger partial charge in [-0.05, 0) is 53.6 Å². The van der Waals surface area contributed by atoms with Gasteiger partial charge in [0.25, 0.3) is 0 Å². The summed E-state index contributed by atoms with van der Waals surface area (Å²) in [6.07, 6.45) is 8.01. The maximum Gasteiger partial charge on any atom is 0.150 e. The molecule has 2 rings (SSSR count). The number of hydrogen-bond donors (Lipinski definition) is 0. The number of aryl methyl sites for hydroxylation is 2. The average Bonchev–Trinajstić information content (AvgIpc) is 2.50. The summed E-state index contributed by atoms with van der Waals surface area (Å²) in [5.41, 5.74) is 3.58. The van der Waals surface area contributed by atoms with Crippen molar-refractivity contribution in [3.8, 4) is 0 Å². The van der Waals surface area contributed by atoms with Crippen LogP contribution in [0.3, 0.4) is 0 Å². The number of rotatable bonds is 7. The molecule has 20 heavy (non-hydrogen) atoms. The summed E-state index contributed by atoms with van der Waals surface area (Å²) >= 11 is 0. The third kappa shape index (κ3) is 3.27. The Morgan fingerprint density at radius 3 is 2.00 bits per heavy atom. The van der Waals surface area contributed by atoms with Gasteiger partial charge in [0.15, 0.2) is 0 Å². The molecule has 0 aliphatic rings. The van der Waals surface area contributed by atoms with Crippen LogP contribution in [-0.2, 0) is 12.8 Å². The Morgan fingerprint density at radius 1 is 0.850 bits per heavy atom. The van der Waals surface area contributed by atoms with Gasteiger partial charge in [0.1, 0.15) is 6.29 Å². The van der Waals surface area contributed by atoms with E-state index in [1.54, 1.807) is 0 Å². The van der Waals surface area contributed by atoms with Crippen molar-refractivity contribution in [2.45, 2.75) is 52.4 Å². The standard InChI is InChI=1S/C19H24O/c1-3-5-7-16-10-11-17(8-6-4-2)19-13-15(14-20)9-12-18(16)19/h9-14H,3-8H2,1-2H3. The lowest BCUT2D eigenvalue weighted by Gasteiger charge is -2.12. The van der Waals surface area contributed by atoms with E-state index in [2.05, 4.69) is 38.1 Å². The zero-order valence-electron chi connectivity index (χ0n) is 12.6. The van der Waals surface area contributed by atoms with Crippen LogP contribution in [0, 0.1) is 0 Å². The summed E-state index contributed by atoms with van der Waals surface area (Å²) in [4.78, 5) is 11.0.